The van der Waals surface area contributed by atoms with Gasteiger partial charge in [-0.1, -0.05) is 249 Å². The van der Waals surface area contributed by atoms with Crippen LogP contribution in [0.1, 0.15) is 44.5 Å². The average molecular weight is 955 g/mol. The van der Waals surface area contributed by atoms with Gasteiger partial charge in [-0.3, -0.25) is 0 Å². The van der Waals surface area contributed by atoms with E-state index in [0.29, 0.717) is 17.5 Å². The molecule has 0 radical (unpaired) electrons. The molecule has 3 aliphatic rings. The van der Waals surface area contributed by atoms with E-state index in [9.17, 15) is 0 Å². The maximum atomic E-state index is 5.23. The SMILES string of the molecule is c1ccc(-c2nc(-c3ccc(-c4ccc5c(c4)C4(c6ccccc6N5c5ccccc5)c5ccccc5C5(c6ccccc6-c6ccccc65)c5ccccc54)cc3)nc(-c3ccccc3-c3ccccc3)n2)cc1. The molecule has 2 heterocycles. The maximum absolute atomic E-state index is 5.23. The third-order valence-corrected chi connectivity index (χ3v) is 16.0. The molecule has 15 rings (SSSR count). The number of para-hydroxylation sites is 2. The van der Waals surface area contributed by atoms with Crippen LogP contribution in [-0.2, 0) is 10.8 Å². The van der Waals surface area contributed by atoms with E-state index in [0.717, 1.165) is 50.3 Å². The molecule has 1 aromatic heterocycles. The molecule has 4 nitrogen and oxygen atoms in total. The van der Waals surface area contributed by atoms with Crippen molar-refractivity contribution < 1.29 is 0 Å². The first-order valence-corrected chi connectivity index (χ1v) is 25.8. The Morgan fingerprint density at radius 2 is 0.600 bits per heavy atom. The summed E-state index contributed by atoms with van der Waals surface area (Å²) in [5.41, 5.74) is 22.3. The molecule has 75 heavy (non-hydrogen) atoms. The van der Waals surface area contributed by atoms with Crippen LogP contribution in [-0.4, -0.2) is 15.0 Å². The molecule has 2 spiro atoms. The van der Waals surface area contributed by atoms with E-state index in [-0.39, 0.29) is 0 Å². The predicted octanol–water partition coefficient (Wildman–Crippen LogP) is 17.0. The summed E-state index contributed by atoms with van der Waals surface area (Å²) in [6.07, 6.45) is 0. The largest absolute Gasteiger partial charge is 0.310 e. The van der Waals surface area contributed by atoms with E-state index in [4.69, 9.17) is 15.0 Å². The van der Waals surface area contributed by atoms with Crippen molar-refractivity contribution in [3.8, 4) is 67.5 Å². The monoisotopic (exact) mass is 954 g/mol. The third kappa shape index (κ3) is 6.27. The number of hydrogen-bond acceptors (Lipinski definition) is 4. The molecule has 0 fully saturated rings. The number of aromatic nitrogens is 3. The van der Waals surface area contributed by atoms with Crippen LogP contribution in [0.25, 0.3) is 67.5 Å². The van der Waals surface area contributed by atoms with E-state index in [1.807, 2.05) is 24.3 Å². The summed E-state index contributed by atoms with van der Waals surface area (Å²) in [6, 6.07) is 102. The van der Waals surface area contributed by atoms with Crippen molar-refractivity contribution in [3.63, 3.8) is 0 Å². The molecule has 0 saturated heterocycles. The molecule has 4 heteroatoms. The van der Waals surface area contributed by atoms with Gasteiger partial charge in [-0.15, -0.1) is 0 Å². The molecule has 0 saturated carbocycles. The summed E-state index contributed by atoms with van der Waals surface area (Å²) in [4.78, 5) is 18.0. The minimum Gasteiger partial charge on any atom is -0.310 e. The topological polar surface area (TPSA) is 41.9 Å². The van der Waals surface area contributed by atoms with Gasteiger partial charge in [0, 0.05) is 22.4 Å². The Balaban J connectivity index is 0.942. The zero-order valence-electron chi connectivity index (χ0n) is 40.8. The van der Waals surface area contributed by atoms with Crippen LogP contribution >= 0.6 is 0 Å². The zero-order chi connectivity index (χ0) is 49.5. The average Bonchev–Trinajstić information content (AvgIpc) is 3.81. The van der Waals surface area contributed by atoms with Crippen LogP contribution in [0.4, 0.5) is 17.1 Å². The fourth-order valence-corrected chi connectivity index (χ4v) is 13.0. The van der Waals surface area contributed by atoms with E-state index in [1.54, 1.807) is 0 Å². The van der Waals surface area contributed by atoms with Gasteiger partial charge in [-0.05, 0) is 108 Å². The molecular formula is C71H46N4. The van der Waals surface area contributed by atoms with Crippen LogP contribution < -0.4 is 4.90 Å². The number of anilines is 3. The van der Waals surface area contributed by atoms with E-state index >= 15 is 0 Å². The molecule has 0 amide bonds. The van der Waals surface area contributed by atoms with Gasteiger partial charge >= 0.3 is 0 Å². The van der Waals surface area contributed by atoms with Crippen molar-refractivity contribution in [2.45, 2.75) is 10.8 Å². The fourth-order valence-electron chi connectivity index (χ4n) is 13.0. The normalized spacial score (nSPS) is 13.8. The summed E-state index contributed by atoms with van der Waals surface area (Å²) in [6.45, 7) is 0. The molecule has 0 atom stereocenters. The molecule has 0 N–H and O–H groups in total. The first-order chi connectivity index (χ1) is 37.2. The summed E-state index contributed by atoms with van der Waals surface area (Å²) >= 11 is 0. The van der Waals surface area contributed by atoms with Gasteiger partial charge in [-0.25, -0.2) is 15.0 Å². The van der Waals surface area contributed by atoms with Crippen molar-refractivity contribution in [1.29, 1.82) is 0 Å². The van der Waals surface area contributed by atoms with Gasteiger partial charge in [0.15, 0.2) is 17.5 Å². The molecule has 1 aliphatic heterocycles. The second-order valence-electron chi connectivity index (χ2n) is 19.8. The molecule has 0 bridgehead atoms. The zero-order valence-corrected chi connectivity index (χ0v) is 40.8. The third-order valence-electron chi connectivity index (χ3n) is 16.0. The molecule has 350 valence electrons. The first-order valence-electron chi connectivity index (χ1n) is 25.8. The second-order valence-corrected chi connectivity index (χ2v) is 19.8. The van der Waals surface area contributed by atoms with E-state index in [1.165, 1.54) is 61.3 Å². The van der Waals surface area contributed by atoms with Crippen LogP contribution in [0.5, 0.6) is 0 Å². The Bertz CT molecular complexity index is 4090. The van der Waals surface area contributed by atoms with Crippen LogP contribution in [0.3, 0.4) is 0 Å². The number of hydrogen-bond donors (Lipinski definition) is 0. The van der Waals surface area contributed by atoms with Crippen molar-refractivity contribution >= 4 is 17.1 Å². The van der Waals surface area contributed by atoms with Gasteiger partial charge in [-0.2, -0.15) is 0 Å². The highest BCUT2D eigenvalue weighted by atomic mass is 15.2. The lowest BCUT2D eigenvalue weighted by Crippen LogP contribution is -2.47. The number of benzene rings is 11. The summed E-state index contributed by atoms with van der Waals surface area (Å²) < 4.78 is 0. The Kier molecular flexibility index (Phi) is 9.67. The van der Waals surface area contributed by atoms with E-state index < -0.39 is 10.8 Å². The minimum atomic E-state index is -0.705. The van der Waals surface area contributed by atoms with Crippen molar-refractivity contribution in [1.82, 2.24) is 15.0 Å². The van der Waals surface area contributed by atoms with Crippen LogP contribution in [0.15, 0.2) is 279 Å². The smallest absolute Gasteiger partial charge is 0.164 e. The van der Waals surface area contributed by atoms with E-state index in [2.05, 4.69) is 260 Å². The van der Waals surface area contributed by atoms with Crippen molar-refractivity contribution in [2.24, 2.45) is 0 Å². The lowest BCUT2D eigenvalue weighted by Gasteiger charge is -2.53. The lowest BCUT2D eigenvalue weighted by atomic mass is 9.50. The summed E-state index contributed by atoms with van der Waals surface area (Å²) in [7, 11) is 0. The highest BCUT2D eigenvalue weighted by molar-refractivity contribution is 5.95. The predicted molar refractivity (Wildman–Crippen MR) is 304 cm³/mol. The summed E-state index contributed by atoms with van der Waals surface area (Å²) in [5.74, 6) is 1.88. The van der Waals surface area contributed by atoms with Crippen LogP contribution in [0.2, 0.25) is 0 Å². The lowest BCUT2D eigenvalue weighted by molar-refractivity contribution is 0.619. The molecule has 2 aliphatic carbocycles. The standard InChI is InChI=1S/C71H46N4/c1-4-22-48(23-5-1)53-28-10-11-31-56(53)69-73-67(49-24-6-2-7-25-49)72-68(74-69)50-42-40-47(41-43-50)51-44-45-66-64(46-51)71(63-38-20-21-39-65(63)75(66)52-26-8-3-9-27-52)61-36-18-16-34-59(61)70(60-35-17-19-37-62(60)71)57-32-14-12-29-54(57)55-30-13-15-33-58(55)70/h1-46H. The highest BCUT2D eigenvalue weighted by Crippen LogP contribution is 2.67. The quantitative estimate of drug-likeness (QED) is 0.167. The minimum absolute atomic E-state index is 0.538. The number of rotatable bonds is 6. The van der Waals surface area contributed by atoms with Crippen molar-refractivity contribution in [2.75, 3.05) is 4.90 Å². The Morgan fingerprint density at radius 1 is 0.227 bits per heavy atom. The number of nitrogens with zero attached hydrogens (tertiary/aromatic N) is 4. The molecule has 12 aromatic rings. The van der Waals surface area contributed by atoms with Gasteiger partial charge in [0.05, 0.1) is 22.2 Å². The van der Waals surface area contributed by atoms with Gasteiger partial charge < -0.3 is 4.90 Å². The number of fused-ring (bicyclic) bond motifs is 15. The second kappa shape index (κ2) is 16.9. The molecule has 0 unspecified atom stereocenters. The molecular weight excluding hydrogens is 909 g/mol. The first kappa shape index (κ1) is 42.9. The Labute approximate surface area is 436 Å². The highest BCUT2D eigenvalue weighted by Gasteiger charge is 2.58. The van der Waals surface area contributed by atoms with Gasteiger partial charge in [0.1, 0.15) is 0 Å². The Hall–Kier alpha value is -9.77. The van der Waals surface area contributed by atoms with Crippen LogP contribution in [0, 0.1) is 0 Å². The molecule has 11 aromatic carbocycles. The fraction of sp³-hybridized carbons (Fsp3) is 0.0282. The summed E-state index contributed by atoms with van der Waals surface area (Å²) in [5, 5.41) is 0. The Morgan fingerprint density at radius 3 is 1.17 bits per heavy atom. The van der Waals surface area contributed by atoms with Gasteiger partial charge in [0.25, 0.3) is 0 Å². The van der Waals surface area contributed by atoms with Gasteiger partial charge in [0.2, 0.25) is 0 Å². The maximum Gasteiger partial charge on any atom is 0.164 e. The van der Waals surface area contributed by atoms with Crippen molar-refractivity contribution in [3.05, 3.63) is 324 Å².